The van der Waals surface area contributed by atoms with Crippen molar-refractivity contribution in [3.05, 3.63) is 0 Å². The first kappa shape index (κ1) is 9.00. The molecule has 2 saturated carbocycles. The van der Waals surface area contributed by atoms with Crippen molar-refractivity contribution in [2.45, 2.75) is 39.2 Å². The fraction of sp³-hybridized carbons (Fsp3) is 0.900. The van der Waals surface area contributed by atoms with E-state index in [0.29, 0.717) is 11.8 Å². The van der Waals surface area contributed by atoms with Crippen molar-refractivity contribution in [3.8, 4) is 0 Å². The minimum atomic E-state index is -0.320. The Bertz CT molecular complexity index is 272. The average molecular weight is 182 g/mol. The summed E-state index contributed by atoms with van der Waals surface area (Å²) in [6, 6.07) is 0. The van der Waals surface area contributed by atoms with Crippen LogP contribution in [0.4, 0.5) is 0 Å². The van der Waals surface area contributed by atoms with Gasteiger partial charge in [-0.25, -0.2) is 0 Å². The Hall–Kier alpha value is -0.570. The van der Waals surface area contributed by atoms with Crippen LogP contribution in [-0.4, -0.2) is 16.5 Å². The van der Waals surface area contributed by atoms with E-state index in [9.17, 15) is 0 Å². The molecular formula is C10H18N2O. The molecule has 0 bridgehead atoms. The topological polar surface area (TPSA) is 58.6 Å². The first-order valence-corrected chi connectivity index (χ1v) is 4.97. The largest absolute Gasteiger partial charge is 0.411 e. The van der Waals surface area contributed by atoms with Gasteiger partial charge in [0.1, 0.15) is 0 Å². The molecule has 2 fully saturated rings. The lowest BCUT2D eigenvalue weighted by atomic mass is 9.85. The van der Waals surface area contributed by atoms with Gasteiger partial charge in [0.2, 0.25) is 0 Å². The molecule has 0 saturated heterocycles. The third kappa shape index (κ3) is 0.810. The summed E-state index contributed by atoms with van der Waals surface area (Å²) in [6.07, 6.45) is 2.27. The molecule has 3 nitrogen and oxygen atoms in total. The predicted molar refractivity (Wildman–Crippen MR) is 51.8 cm³/mol. The van der Waals surface area contributed by atoms with Gasteiger partial charge in [-0.05, 0) is 30.1 Å². The molecule has 2 aliphatic rings. The summed E-state index contributed by atoms with van der Waals surface area (Å²) in [7, 11) is 0. The Labute approximate surface area is 79.0 Å². The number of rotatable bonds is 0. The second-order valence-corrected chi connectivity index (χ2v) is 5.11. The fourth-order valence-electron chi connectivity index (χ4n) is 3.15. The maximum Gasteiger partial charge on any atom is 0.0805 e. The molecule has 2 rings (SSSR count). The van der Waals surface area contributed by atoms with Crippen LogP contribution < -0.4 is 5.73 Å². The van der Waals surface area contributed by atoms with Crippen molar-refractivity contribution in [1.29, 1.82) is 0 Å². The van der Waals surface area contributed by atoms with Gasteiger partial charge in [-0.1, -0.05) is 25.9 Å². The van der Waals surface area contributed by atoms with Crippen molar-refractivity contribution < 1.29 is 5.21 Å². The van der Waals surface area contributed by atoms with E-state index >= 15 is 0 Å². The van der Waals surface area contributed by atoms with E-state index < -0.39 is 0 Å². The fourth-order valence-corrected chi connectivity index (χ4v) is 3.15. The molecule has 0 aromatic heterocycles. The van der Waals surface area contributed by atoms with Crippen LogP contribution in [0, 0.1) is 17.3 Å². The molecule has 3 atom stereocenters. The summed E-state index contributed by atoms with van der Waals surface area (Å²) in [4.78, 5) is 0. The summed E-state index contributed by atoms with van der Waals surface area (Å²) >= 11 is 0. The molecule has 3 heteroatoms. The predicted octanol–water partition coefficient (Wildman–Crippen LogP) is 1.60. The number of fused-ring (bicyclic) bond motifs is 1. The van der Waals surface area contributed by atoms with Gasteiger partial charge in [0.25, 0.3) is 0 Å². The lowest BCUT2D eigenvalue weighted by Gasteiger charge is -2.25. The van der Waals surface area contributed by atoms with Gasteiger partial charge < -0.3 is 10.9 Å². The van der Waals surface area contributed by atoms with Crippen LogP contribution in [0.3, 0.4) is 0 Å². The van der Waals surface area contributed by atoms with Gasteiger partial charge in [0, 0.05) is 0 Å². The molecule has 2 aliphatic carbocycles. The summed E-state index contributed by atoms with van der Waals surface area (Å²) in [5.74, 6) is 0.857. The van der Waals surface area contributed by atoms with E-state index in [1.807, 2.05) is 0 Å². The summed E-state index contributed by atoms with van der Waals surface area (Å²) in [6.45, 7) is 6.43. The van der Waals surface area contributed by atoms with Crippen molar-refractivity contribution in [2.75, 3.05) is 0 Å². The Kier molecular flexibility index (Phi) is 1.57. The van der Waals surface area contributed by atoms with Gasteiger partial charge in [-0.3, -0.25) is 0 Å². The average Bonchev–Trinajstić information content (AvgIpc) is 2.46. The van der Waals surface area contributed by atoms with Crippen molar-refractivity contribution in [3.63, 3.8) is 0 Å². The molecule has 3 N–H and O–H groups in total. The Morgan fingerprint density at radius 2 is 2.08 bits per heavy atom. The molecule has 0 heterocycles. The molecule has 0 aliphatic heterocycles. The normalized spacial score (nSPS) is 50.3. The maximum atomic E-state index is 8.96. The highest BCUT2D eigenvalue weighted by Gasteiger charge is 2.73. The highest BCUT2D eigenvalue weighted by Crippen LogP contribution is 2.65. The molecule has 0 amide bonds. The van der Waals surface area contributed by atoms with Gasteiger partial charge in [0.05, 0.1) is 11.3 Å². The standard InChI is InChI=1S/C10H18N2O/c1-6-4-5-7-9(2,3)10(7,11)8(6)12-13/h6-7,13H,4-5,11H2,1-3H3. The summed E-state index contributed by atoms with van der Waals surface area (Å²) in [5, 5.41) is 12.4. The Morgan fingerprint density at radius 1 is 1.46 bits per heavy atom. The van der Waals surface area contributed by atoms with Crippen LogP contribution in [0.25, 0.3) is 0 Å². The maximum absolute atomic E-state index is 8.96. The number of hydrogen-bond acceptors (Lipinski definition) is 3. The lowest BCUT2D eigenvalue weighted by Crippen LogP contribution is -2.44. The summed E-state index contributed by atoms with van der Waals surface area (Å²) < 4.78 is 0. The third-order valence-electron chi connectivity index (χ3n) is 4.29. The van der Waals surface area contributed by atoms with E-state index in [4.69, 9.17) is 10.9 Å². The van der Waals surface area contributed by atoms with E-state index in [-0.39, 0.29) is 11.0 Å². The van der Waals surface area contributed by atoms with Crippen LogP contribution in [0.5, 0.6) is 0 Å². The molecule has 0 aromatic carbocycles. The van der Waals surface area contributed by atoms with Gasteiger partial charge in [-0.2, -0.15) is 0 Å². The molecule has 0 spiro atoms. The van der Waals surface area contributed by atoms with Crippen LogP contribution >= 0.6 is 0 Å². The summed E-state index contributed by atoms with van der Waals surface area (Å²) in [5.41, 5.74) is 6.90. The van der Waals surface area contributed by atoms with E-state index in [0.717, 1.165) is 12.1 Å². The van der Waals surface area contributed by atoms with Crippen molar-refractivity contribution in [2.24, 2.45) is 28.1 Å². The molecular weight excluding hydrogens is 164 g/mol. The first-order chi connectivity index (χ1) is 5.96. The van der Waals surface area contributed by atoms with E-state index in [2.05, 4.69) is 25.9 Å². The zero-order chi connectivity index (χ0) is 9.85. The minimum Gasteiger partial charge on any atom is -0.411 e. The van der Waals surface area contributed by atoms with Crippen LogP contribution in [0.15, 0.2) is 5.16 Å². The number of nitrogens with zero attached hydrogens (tertiary/aromatic N) is 1. The number of hydrogen-bond donors (Lipinski definition) is 2. The molecule has 74 valence electrons. The highest BCUT2D eigenvalue weighted by molar-refractivity contribution is 6.00. The Morgan fingerprint density at radius 3 is 2.54 bits per heavy atom. The van der Waals surface area contributed by atoms with E-state index in [1.54, 1.807) is 0 Å². The molecule has 13 heavy (non-hydrogen) atoms. The lowest BCUT2D eigenvalue weighted by molar-refractivity contribution is 0.306. The van der Waals surface area contributed by atoms with Crippen LogP contribution in [-0.2, 0) is 0 Å². The second-order valence-electron chi connectivity index (χ2n) is 5.11. The molecule has 0 aromatic rings. The SMILES string of the molecule is CC1CCC2C(C)(C)C2(N)C1=NO. The zero-order valence-corrected chi connectivity index (χ0v) is 8.54. The van der Waals surface area contributed by atoms with Crippen LogP contribution in [0.1, 0.15) is 33.6 Å². The third-order valence-corrected chi connectivity index (χ3v) is 4.29. The van der Waals surface area contributed by atoms with Gasteiger partial charge in [-0.15, -0.1) is 0 Å². The van der Waals surface area contributed by atoms with Crippen molar-refractivity contribution >= 4 is 5.71 Å². The quantitative estimate of drug-likeness (QED) is 0.441. The second kappa shape index (κ2) is 2.27. The number of oxime groups is 1. The smallest absolute Gasteiger partial charge is 0.0805 e. The van der Waals surface area contributed by atoms with Gasteiger partial charge >= 0.3 is 0 Å². The highest BCUT2D eigenvalue weighted by atomic mass is 16.4. The Balaban J connectivity index is 2.37. The van der Waals surface area contributed by atoms with Crippen LogP contribution in [0.2, 0.25) is 0 Å². The van der Waals surface area contributed by atoms with Gasteiger partial charge in [0.15, 0.2) is 0 Å². The monoisotopic (exact) mass is 182 g/mol. The molecule has 0 radical (unpaired) electrons. The first-order valence-electron chi connectivity index (χ1n) is 4.97. The number of nitrogens with two attached hydrogens (primary N) is 1. The zero-order valence-electron chi connectivity index (χ0n) is 8.54. The minimum absolute atomic E-state index is 0.124. The van der Waals surface area contributed by atoms with Crippen molar-refractivity contribution in [1.82, 2.24) is 0 Å². The molecule has 3 unspecified atom stereocenters. The van der Waals surface area contributed by atoms with E-state index in [1.165, 1.54) is 6.42 Å².